The van der Waals surface area contributed by atoms with Crippen molar-refractivity contribution in [2.75, 3.05) is 11.9 Å². The Labute approximate surface area is 135 Å². The number of likely N-dealkylation sites (tertiary alicyclic amines) is 1. The Morgan fingerprint density at radius 1 is 1.17 bits per heavy atom. The third-order valence-corrected chi connectivity index (χ3v) is 3.97. The van der Waals surface area contributed by atoms with E-state index in [0.29, 0.717) is 24.2 Å². The molecule has 1 aromatic rings. The molecule has 23 heavy (non-hydrogen) atoms. The fraction of sp³-hybridized carbons (Fsp3) is 0.471. The second kappa shape index (κ2) is 7.26. The normalized spacial score (nSPS) is 17.9. The molecule has 1 aromatic carbocycles. The van der Waals surface area contributed by atoms with Crippen LogP contribution in [0.1, 0.15) is 43.5 Å². The highest BCUT2D eigenvalue weighted by atomic mass is 16.4. The number of nitrogens with one attached hydrogen (secondary N) is 1. The van der Waals surface area contributed by atoms with Crippen molar-refractivity contribution < 1.29 is 19.5 Å². The molecule has 124 valence electrons. The van der Waals surface area contributed by atoms with E-state index in [0.717, 1.165) is 12.8 Å². The quantitative estimate of drug-likeness (QED) is 0.892. The maximum Gasteiger partial charge on any atom is 0.326 e. The van der Waals surface area contributed by atoms with E-state index in [4.69, 9.17) is 0 Å². The van der Waals surface area contributed by atoms with Crippen molar-refractivity contribution in [2.45, 2.75) is 39.2 Å². The van der Waals surface area contributed by atoms with Gasteiger partial charge < -0.3 is 15.3 Å². The van der Waals surface area contributed by atoms with E-state index in [-0.39, 0.29) is 17.7 Å². The first-order valence-electron chi connectivity index (χ1n) is 7.85. The maximum atomic E-state index is 12.5. The molecule has 0 aliphatic carbocycles. The van der Waals surface area contributed by atoms with Gasteiger partial charge in [-0.1, -0.05) is 13.8 Å². The zero-order chi connectivity index (χ0) is 17.0. The number of hydrogen-bond acceptors (Lipinski definition) is 3. The summed E-state index contributed by atoms with van der Waals surface area (Å²) in [5.74, 6) is -1.45. The number of carboxylic acid groups (broad SMARTS) is 1. The minimum absolute atomic E-state index is 0.0916. The summed E-state index contributed by atoms with van der Waals surface area (Å²) in [6.45, 7) is 4.06. The zero-order valence-corrected chi connectivity index (χ0v) is 13.4. The van der Waals surface area contributed by atoms with Crippen LogP contribution in [0.25, 0.3) is 0 Å². The molecule has 6 heteroatoms. The molecule has 2 rings (SSSR count). The Morgan fingerprint density at radius 2 is 1.83 bits per heavy atom. The summed E-state index contributed by atoms with van der Waals surface area (Å²) in [5, 5.41) is 12.0. The third kappa shape index (κ3) is 4.09. The molecule has 0 spiro atoms. The van der Waals surface area contributed by atoms with E-state index < -0.39 is 12.0 Å². The molecular formula is C17H22N2O4. The number of hydrogen-bond donors (Lipinski definition) is 2. The smallest absolute Gasteiger partial charge is 0.326 e. The Kier molecular flexibility index (Phi) is 5.36. The Bertz CT molecular complexity index is 595. The number of amides is 2. The Morgan fingerprint density at radius 3 is 2.39 bits per heavy atom. The van der Waals surface area contributed by atoms with Crippen LogP contribution >= 0.6 is 0 Å². The molecule has 1 aliphatic heterocycles. The predicted molar refractivity (Wildman–Crippen MR) is 86.2 cm³/mol. The maximum absolute atomic E-state index is 12.5. The minimum Gasteiger partial charge on any atom is -0.480 e. The number of carbonyl (C=O) groups excluding carboxylic acids is 2. The zero-order valence-electron chi connectivity index (χ0n) is 13.4. The van der Waals surface area contributed by atoms with Gasteiger partial charge in [0, 0.05) is 23.7 Å². The molecule has 1 unspecified atom stereocenters. The number of aliphatic carboxylic acids is 1. The average molecular weight is 318 g/mol. The predicted octanol–water partition coefficient (Wildman–Crippen LogP) is 2.36. The summed E-state index contributed by atoms with van der Waals surface area (Å²) in [4.78, 5) is 36.9. The van der Waals surface area contributed by atoms with Crippen molar-refractivity contribution in [1.29, 1.82) is 0 Å². The van der Waals surface area contributed by atoms with Gasteiger partial charge in [0.25, 0.3) is 5.91 Å². The van der Waals surface area contributed by atoms with Crippen LogP contribution in [-0.2, 0) is 9.59 Å². The lowest BCUT2D eigenvalue weighted by atomic mass is 10.0. The first-order chi connectivity index (χ1) is 10.9. The molecule has 0 aromatic heterocycles. The number of nitrogens with zero attached hydrogens (tertiary/aromatic N) is 1. The number of anilines is 1. The van der Waals surface area contributed by atoms with E-state index in [1.54, 1.807) is 38.1 Å². The number of carbonyl (C=O) groups is 3. The van der Waals surface area contributed by atoms with Crippen LogP contribution in [0.4, 0.5) is 5.69 Å². The summed E-state index contributed by atoms with van der Waals surface area (Å²) in [7, 11) is 0. The van der Waals surface area contributed by atoms with Gasteiger partial charge in [-0.25, -0.2) is 4.79 Å². The van der Waals surface area contributed by atoms with Gasteiger partial charge in [0.05, 0.1) is 0 Å². The second-order valence-electron chi connectivity index (χ2n) is 6.07. The van der Waals surface area contributed by atoms with Crippen LogP contribution in [0.3, 0.4) is 0 Å². The van der Waals surface area contributed by atoms with Gasteiger partial charge in [-0.3, -0.25) is 9.59 Å². The number of rotatable bonds is 4. The van der Waals surface area contributed by atoms with Crippen LogP contribution in [0, 0.1) is 5.92 Å². The van der Waals surface area contributed by atoms with Crippen LogP contribution in [-0.4, -0.2) is 40.4 Å². The van der Waals surface area contributed by atoms with Gasteiger partial charge in [-0.2, -0.15) is 0 Å². The SMILES string of the molecule is CC(C)C(=O)Nc1ccc(C(=O)N2CCCCC2C(=O)O)cc1. The lowest BCUT2D eigenvalue weighted by Crippen LogP contribution is -2.47. The van der Waals surface area contributed by atoms with E-state index in [9.17, 15) is 19.5 Å². The number of carboxylic acids is 1. The number of piperidine rings is 1. The fourth-order valence-electron chi connectivity index (χ4n) is 2.58. The van der Waals surface area contributed by atoms with Crippen molar-refractivity contribution >= 4 is 23.5 Å². The molecule has 0 bridgehead atoms. The number of benzene rings is 1. The first-order valence-corrected chi connectivity index (χ1v) is 7.85. The highest BCUT2D eigenvalue weighted by molar-refractivity contribution is 5.98. The van der Waals surface area contributed by atoms with E-state index in [1.807, 2.05) is 0 Å². The van der Waals surface area contributed by atoms with E-state index >= 15 is 0 Å². The van der Waals surface area contributed by atoms with Gasteiger partial charge in [0.2, 0.25) is 5.91 Å². The van der Waals surface area contributed by atoms with Crippen molar-refractivity contribution in [3.8, 4) is 0 Å². The molecule has 1 atom stereocenters. The van der Waals surface area contributed by atoms with Gasteiger partial charge in [0.1, 0.15) is 6.04 Å². The molecule has 1 fully saturated rings. The molecule has 1 aliphatic rings. The average Bonchev–Trinajstić information content (AvgIpc) is 2.54. The fourth-order valence-corrected chi connectivity index (χ4v) is 2.58. The molecule has 6 nitrogen and oxygen atoms in total. The molecule has 1 heterocycles. The van der Waals surface area contributed by atoms with E-state index in [2.05, 4.69) is 5.32 Å². The van der Waals surface area contributed by atoms with E-state index in [1.165, 1.54) is 4.90 Å². The van der Waals surface area contributed by atoms with Gasteiger partial charge in [0.15, 0.2) is 0 Å². The van der Waals surface area contributed by atoms with Crippen LogP contribution in [0.15, 0.2) is 24.3 Å². The summed E-state index contributed by atoms with van der Waals surface area (Å²) in [6, 6.07) is 5.80. The van der Waals surface area contributed by atoms with Crippen molar-refractivity contribution in [1.82, 2.24) is 4.90 Å². The summed E-state index contributed by atoms with van der Waals surface area (Å²) in [5.41, 5.74) is 1.05. The third-order valence-electron chi connectivity index (χ3n) is 3.97. The van der Waals surface area contributed by atoms with Gasteiger partial charge in [-0.05, 0) is 43.5 Å². The Balaban J connectivity index is 2.10. The van der Waals surface area contributed by atoms with Crippen LogP contribution < -0.4 is 5.32 Å². The van der Waals surface area contributed by atoms with Crippen molar-refractivity contribution in [3.05, 3.63) is 29.8 Å². The molecular weight excluding hydrogens is 296 g/mol. The molecule has 2 amide bonds. The second-order valence-corrected chi connectivity index (χ2v) is 6.07. The molecule has 2 N–H and O–H groups in total. The lowest BCUT2D eigenvalue weighted by molar-refractivity contribution is -0.143. The largest absolute Gasteiger partial charge is 0.480 e. The molecule has 0 radical (unpaired) electrons. The highest BCUT2D eigenvalue weighted by Crippen LogP contribution is 2.21. The van der Waals surface area contributed by atoms with Gasteiger partial charge >= 0.3 is 5.97 Å². The molecule has 1 saturated heterocycles. The van der Waals surface area contributed by atoms with Crippen molar-refractivity contribution in [2.24, 2.45) is 5.92 Å². The summed E-state index contributed by atoms with van der Waals surface area (Å²) >= 11 is 0. The topological polar surface area (TPSA) is 86.7 Å². The summed E-state index contributed by atoms with van der Waals surface area (Å²) < 4.78 is 0. The van der Waals surface area contributed by atoms with Crippen molar-refractivity contribution in [3.63, 3.8) is 0 Å². The van der Waals surface area contributed by atoms with Crippen LogP contribution in [0.5, 0.6) is 0 Å². The Hall–Kier alpha value is -2.37. The van der Waals surface area contributed by atoms with Gasteiger partial charge in [-0.15, -0.1) is 0 Å². The monoisotopic (exact) mass is 318 g/mol. The lowest BCUT2D eigenvalue weighted by Gasteiger charge is -2.33. The molecule has 0 saturated carbocycles. The standard InChI is InChI=1S/C17H22N2O4/c1-11(2)15(20)18-13-8-6-12(7-9-13)16(21)19-10-4-3-5-14(19)17(22)23/h6-9,11,14H,3-5,10H2,1-2H3,(H,18,20)(H,22,23). The van der Waals surface area contributed by atoms with Crippen LogP contribution in [0.2, 0.25) is 0 Å². The minimum atomic E-state index is -0.959. The summed E-state index contributed by atoms with van der Waals surface area (Å²) in [6.07, 6.45) is 2.13. The highest BCUT2D eigenvalue weighted by Gasteiger charge is 2.32. The first kappa shape index (κ1) is 17.0.